The molecule has 144 valence electrons. The van der Waals surface area contributed by atoms with Gasteiger partial charge >= 0.3 is 0 Å². The summed E-state index contributed by atoms with van der Waals surface area (Å²) in [4.78, 5) is 18.9. The van der Waals surface area contributed by atoms with Crippen molar-refractivity contribution in [2.45, 2.75) is 35.1 Å². The van der Waals surface area contributed by atoms with Crippen LogP contribution in [0.25, 0.3) is 0 Å². The summed E-state index contributed by atoms with van der Waals surface area (Å²) in [5.74, 6) is -0.0516. The van der Waals surface area contributed by atoms with Crippen LogP contribution in [-0.4, -0.2) is 47.9 Å². The van der Waals surface area contributed by atoms with Gasteiger partial charge in [0.05, 0.1) is 25.3 Å². The van der Waals surface area contributed by atoms with Gasteiger partial charge in [-0.25, -0.2) is 9.37 Å². The number of piperidine rings is 1. The second-order valence-electron chi connectivity index (χ2n) is 6.65. The highest BCUT2D eigenvalue weighted by Crippen LogP contribution is 2.32. The molecule has 0 aliphatic carbocycles. The third-order valence-electron chi connectivity index (χ3n) is 4.86. The van der Waals surface area contributed by atoms with Gasteiger partial charge in [-0.2, -0.15) is 0 Å². The van der Waals surface area contributed by atoms with E-state index in [9.17, 15) is 9.18 Å². The molecule has 2 aliphatic rings. The average molecular weight is 409 g/mol. The standard InChI is InChI=1S/C19H21FN2O3S2/c20-16-4-2-1-3-14(16)12-26-18-21-15(13-27-18)11-17(23)22-7-5-19(6-8-22)24-9-10-25-19/h1-4,13H,5-12H2. The van der Waals surface area contributed by atoms with Crippen LogP contribution in [0.15, 0.2) is 34.0 Å². The maximum absolute atomic E-state index is 13.7. The first-order valence-corrected chi connectivity index (χ1v) is 10.9. The molecule has 2 aromatic rings. The summed E-state index contributed by atoms with van der Waals surface area (Å²) in [5.41, 5.74) is 1.43. The van der Waals surface area contributed by atoms with Crippen molar-refractivity contribution < 1.29 is 18.7 Å². The van der Waals surface area contributed by atoms with E-state index in [1.807, 2.05) is 16.3 Å². The zero-order valence-corrected chi connectivity index (χ0v) is 16.5. The number of carbonyl (C=O) groups is 1. The lowest BCUT2D eigenvalue weighted by atomic mass is 10.0. The summed E-state index contributed by atoms with van der Waals surface area (Å²) < 4.78 is 25.9. The highest BCUT2D eigenvalue weighted by Gasteiger charge is 2.40. The fourth-order valence-electron chi connectivity index (χ4n) is 3.34. The smallest absolute Gasteiger partial charge is 0.228 e. The Balaban J connectivity index is 1.27. The van der Waals surface area contributed by atoms with Gasteiger partial charge in [-0.3, -0.25) is 4.79 Å². The van der Waals surface area contributed by atoms with Crippen LogP contribution in [0.5, 0.6) is 0 Å². The van der Waals surface area contributed by atoms with E-state index in [0.29, 0.717) is 44.0 Å². The summed E-state index contributed by atoms with van der Waals surface area (Å²) in [6, 6.07) is 6.76. The first-order valence-electron chi connectivity index (χ1n) is 9.00. The Morgan fingerprint density at radius 1 is 1.26 bits per heavy atom. The Morgan fingerprint density at radius 3 is 2.74 bits per heavy atom. The van der Waals surface area contributed by atoms with Gasteiger partial charge in [0.25, 0.3) is 0 Å². The lowest BCUT2D eigenvalue weighted by Crippen LogP contribution is -2.47. The fraction of sp³-hybridized carbons (Fsp3) is 0.474. The Bertz CT molecular complexity index is 798. The van der Waals surface area contributed by atoms with Crippen molar-refractivity contribution in [3.8, 4) is 0 Å². The summed E-state index contributed by atoms with van der Waals surface area (Å²) >= 11 is 2.99. The van der Waals surface area contributed by atoms with Crippen LogP contribution in [0.3, 0.4) is 0 Å². The molecule has 5 nitrogen and oxygen atoms in total. The van der Waals surface area contributed by atoms with Gasteiger partial charge in [0.2, 0.25) is 5.91 Å². The topological polar surface area (TPSA) is 51.7 Å². The lowest BCUT2D eigenvalue weighted by molar-refractivity contribution is -0.187. The number of carbonyl (C=O) groups excluding carboxylic acids is 1. The van der Waals surface area contributed by atoms with Gasteiger partial charge in [-0.05, 0) is 11.6 Å². The van der Waals surface area contributed by atoms with E-state index in [-0.39, 0.29) is 11.7 Å². The van der Waals surface area contributed by atoms with Gasteiger partial charge in [-0.1, -0.05) is 30.0 Å². The summed E-state index contributed by atoms with van der Waals surface area (Å²) in [6.07, 6.45) is 1.74. The van der Waals surface area contributed by atoms with Crippen LogP contribution < -0.4 is 0 Å². The van der Waals surface area contributed by atoms with E-state index in [1.165, 1.54) is 29.2 Å². The highest BCUT2D eigenvalue weighted by molar-refractivity contribution is 8.00. The van der Waals surface area contributed by atoms with Crippen molar-refractivity contribution in [1.29, 1.82) is 0 Å². The number of benzene rings is 1. The lowest BCUT2D eigenvalue weighted by Gasteiger charge is -2.37. The zero-order valence-electron chi connectivity index (χ0n) is 14.9. The van der Waals surface area contributed by atoms with Gasteiger partial charge in [0.15, 0.2) is 5.79 Å². The number of halogens is 1. The number of nitrogens with zero attached hydrogens (tertiary/aromatic N) is 2. The molecule has 0 atom stereocenters. The predicted molar refractivity (Wildman–Crippen MR) is 102 cm³/mol. The average Bonchev–Trinajstić information content (AvgIpc) is 3.31. The summed E-state index contributed by atoms with van der Waals surface area (Å²) in [6.45, 7) is 2.58. The number of ether oxygens (including phenoxy) is 2. The molecule has 2 aliphatic heterocycles. The van der Waals surface area contributed by atoms with E-state index in [2.05, 4.69) is 4.98 Å². The Kier molecular flexibility index (Phi) is 5.77. The maximum atomic E-state index is 13.7. The van der Waals surface area contributed by atoms with E-state index in [0.717, 1.165) is 22.9 Å². The molecule has 0 N–H and O–H groups in total. The van der Waals surface area contributed by atoms with E-state index in [1.54, 1.807) is 12.1 Å². The fourth-order valence-corrected chi connectivity index (χ4v) is 5.17. The number of thioether (sulfide) groups is 1. The molecule has 3 heterocycles. The second-order valence-corrected chi connectivity index (χ2v) is 8.73. The minimum Gasteiger partial charge on any atom is -0.347 e. The normalized spacial score (nSPS) is 18.9. The van der Waals surface area contributed by atoms with Crippen LogP contribution in [0.2, 0.25) is 0 Å². The van der Waals surface area contributed by atoms with Crippen molar-refractivity contribution >= 4 is 29.0 Å². The molecule has 1 spiro atoms. The minimum atomic E-state index is -0.464. The molecule has 1 aromatic heterocycles. The SMILES string of the molecule is O=C(Cc1csc(SCc2ccccc2F)n1)N1CCC2(CC1)OCCO2. The summed E-state index contributed by atoms with van der Waals surface area (Å²) in [5, 5.41) is 1.91. The molecule has 2 saturated heterocycles. The van der Waals surface area contributed by atoms with Crippen molar-refractivity contribution in [1.82, 2.24) is 9.88 Å². The summed E-state index contributed by atoms with van der Waals surface area (Å²) in [7, 11) is 0. The highest BCUT2D eigenvalue weighted by atomic mass is 32.2. The Labute approximate surface area is 165 Å². The first-order chi connectivity index (χ1) is 13.1. The number of aromatic nitrogens is 1. The molecular formula is C19H21FN2O3S2. The van der Waals surface area contributed by atoms with E-state index in [4.69, 9.17) is 9.47 Å². The van der Waals surface area contributed by atoms with E-state index < -0.39 is 5.79 Å². The van der Waals surface area contributed by atoms with Crippen LogP contribution in [0.4, 0.5) is 4.39 Å². The third kappa shape index (κ3) is 4.51. The van der Waals surface area contributed by atoms with Crippen LogP contribution in [0.1, 0.15) is 24.1 Å². The van der Waals surface area contributed by atoms with Crippen molar-refractivity contribution in [2.24, 2.45) is 0 Å². The molecule has 1 amide bonds. The monoisotopic (exact) mass is 408 g/mol. The molecule has 0 radical (unpaired) electrons. The Hall–Kier alpha value is -1.48. The molecule has 1 aromatic carbocycles. The maximum Gasteiger partial charge on any atom is 0.228 e. The second kappa shape index (κ2) is 8.26. The third-order valence-corrected chi connectivity index (χ3v) is 6.98. The van der Waals surface area contributed by atoms with Crippen LogP contribution in [0, 0.1) is 5.82 Å². The Morgan fingerprint density at radius 2 is 2.00 bits per heavy atom. The number of likely N-dealkylation sites (tertiary alicyclic amines) is 1. The number of amides is 1. The molecule has 0 unspecified atom stereocenters. The number of hydrogen-bond donors (Lipinski definition) is 0. The molecule has 27 heavy (non-hydrogen) atoms. The van der Waals surface area contributed by atoms with E-state index >= 15 is 0 Å². The van der Waals surface area contributed by atoms with Gasteiger partial charge < -0.3 is 14.4 Å². The van der Waals surface area contributed by atoms with Gasteiger partial charge in [0.1, 0.15) is 10.2 Å². The molecule has 0 bridgehead atoms. The molecule has 8 heteroatoms. The number of thiazole rings is 1. The zero-order chi connectivity index (χ0) is 18.7. The molecule has 4 rings (SSSR count). The van der Waals surface area contributed by atoms with Crippen LogP contribution >= 0.6 is 23.1 Å². The predicted octanol–water partition coefficient (Wildman–Crippen LogP) is 3.48. The quantitative estimate of drug-likeness (QED) is 0.709. The largest absolute Gasteiger partial charge is 0.347 e. The molecular weight excluding hydrogens is 387 g/mol. The van der Waals surface area contributed by atoms with Crippen molar-refractivity contribution in [3.05, 3.63) is 46.7 Å². The molecule has 0 saturated carbocycles. The molecule has 2 fully saturated rings. The van der Waals surface area contributed by atoms with Crippen molar-refractivity contribution in [3.63, 3.8) is 0 Å². The number of rotatable bonds is 5. The number of hydrogen-bond acceptors (Lipinski definition) is 6. The first kappa shape index (κ1) is 18.9. The van der Waals surface area contributed by atoms with Crippen molar-refractivity contribution in [2.75, 3.05) is 26.3 Å². The van der Waals surface area contributed by atoms with Gasteiger partial charge in [-0.15, -0.1) is 11.3 Å². The van der Waals surface area contributed by atoms with Gasteiger partial charge in [0, 0.05) is 37.1 Å². The minimum absolute atomic E-state index is 0.0822. The van der Waals surface area contributed by atoms with Crippen LogP contribution in [-0.2, 0) is 26.4 Å².